The largest absolute Gasteiger partial charge is 0.463 e. The minimum absolute atomic E-state index is 0.259. The maximum Gasteiger partial charge on any atom is 0.351 e. The molecule has 0 spiro atoms. The first kappa shape index (κ1) is 31.6. The summed E-state index contributed by atoms with van der Waals surface area (Å²) in [7, 11) is 0. The second kappa shape index (κ2) is 14.5. The third-order valence-corrected chi connectivity index (χ3v) is 6.36. The lowest BCUT2D eigenvalue weighted by Crippen LogP contribution is -2.48. The van der Waals surface area contributed by atoms with Gasteiger partial charge in [0.2, 0.25) is 6.23 Å². The number of esters is 2. The van der Waals surface area contributed by atoms with Gasteiger partial charge in [0.1, 0.15) is 24.6 Å². The highest BCUT2D eigenvalue weighted by atomic mass is 19.3. The van der Waals surface area contributed by atoms with E-state index in [1.165, 1.54) is 25.3 Å². The van der Waals surface area contributed by atoms with E-state index in [4.69, 9.17) is 19.9 Å². The molecular weight excluding hydrogens is 502 g/mol. The van der Waals surface area contributed by atoms with Gasteiger partial charge in [-0.05, 0) is 18.4 Å². The van der Waals surface area contributed by atoms with E-state index in [0.29, 0.717) is 11.1 Å². The number of carbonyl (C=O) groups excluding carboxylic acids is 2. The van der Waals surface area contributed by atoms with E-state index in [1.54, 1.807) is 27.7 Å². The summed E-state index contributed by atoms with van der Waals surface area (Å²) in [5, 5.41) is 3.03. The molecule has 0 saturated carbocycles. The molecule has 4 atom stereocenters. The Morgan fingerprint density at radius 1 is 1.16 bits per heavy atom. The third kappa shape index (κ3) is 8.45. The second-order valence-corrected chi connectivity index (χ2v) is 10.3. The quantitative estimate of drug-likeness (QED) is 0.251. The molecule has 1 aliphatic heterocycles. The Hall–Kier alpha value is -2.60. The SMILES string of the molecule is CCCCCCCCNc1ccn([C@@H]2O[C@H](COC(=O)C(C)C)[C@@H](OC(=O)[C@@H](N)C(C)C)C2(F)F)c(=O)n1. The summed E-state index contributed by atoms with van der Waals surface area (Å²) in [4.78, 5) is 40.9. The molecule has 2 heterocycles. The number of hydrogen-bond donors (Lipinski definition) is 2. The predicted molar refractivity (Wildman–Crippen MR) is 138 cm³/mol. The zero-order valence-electron chi connectivity index (χ0n) is 23.0. The fourth-order valence-electron chi connectivity index (χ4n) is 3.87. The van der Waals surface area contributed by atoms with Gasteiger partial charge >= 0.3 is 23.6 Å². The van der Waals surface area contributed by atoms with Gasteiger partial charge in [0.25, 0.3) is 0 Å². The number of halogens is 2. The molecule has 1 fully saturated rings. The van der Waals surface area contributed by atoms with E-state index in [1.807, 2.05) is 0 Å². The molecule has 0 aromatic carbocycles. The molecule has 1 aromatic rings. The van der Waals surface area contributed by atoms with Crippen molar-refractivity contribution >= 4 is 17.8 Å². The van der Waals surface area contributed by atoms with Crippen LogP contribution in [0.4, 0.5) is 14.6 Å². The molecule has 3 N–H and O–H groups in total. The molecule has 0 unspecified atom stereocenters. The van der Waals surface area contributed by atoms with Crippen molar-refractivity contribution in [1.29, 1.82) is 0 Å². The molecule has 10 nitrogen and oxygen atoms in total. The molecule has 0 amide bonds. The maximum atomic E-state index is 15.6. The monoisotopic (exact) mass is 544 g/mol. The number of alkyl halides is 2. The van der Waals surface area contributed by atoms with E-state index in [9.17, 15) is 14.4 Å². The van der Waals surface area contributed by atoms with Gasteiger partial charge in [-0.3, -0.25) is 14.2 Å². The number of hydrogen-bond acceptors (Lipinski definition) is 9. The average Bonchev–Trinajstić information content (AvgIpc) is 3.10. The molecule has 1 aromatic heterocycles. The molecule has 2 rings (SSSR count). The van der Waals surface area contributed by atoms with Crippen LogP contribution in [0.15, 0.2) is 17.1 Å². The van der Waals surface area contributed by atoms with Crippen LogP contribution in [-0.4, -0.2) is 58.8 Å². The average molecular weight is 545 g/mol. The lowest BCUT2D eigenvalue weighted by atomic mass is 10.1. The minimum Gasteiger partial charge on any atom is -0.463 e. The van der Waals surface area contributed by atoms with Crippen LogP contribution in [0.3, 0.4) is 0 Å². The Morgan fingerprint density at radius 2 is 1.82 bits per heavy atom. The van der Waals surface area contributed by atoms with Crippen LogP contribution in [0, 0.1) is 11.8 Å². The normalized spacial score (nSPS) is 21.5. The summed E-state index contributed by atoms with van der Waals surface area (Å²) < 4.78 is 47.5. The zero-order chi connectivity index (χ0) is 28.5. The zero-order valence-corrected chi connectivity index (χ0v) is 23.0. The van der Waals surface area contributed by atoms with Crippen molar-refractivity contribution in [2.75, 3.05) is 18.5 Å². The number of aromatic nitrogens is 2. The number of unbranched alkanes of at least 4 members (excludes halogenated alkanes) is 5. The van der Waals surface area contributed by atoms with E-state index in [0.717, 1.165) is 25.5 Å². The molecule has 0 bridgehead atoms. The van der Waals surface area contributed by atoms with Crippen LogP contribution in [0.5, 0.6) is 0 Å². The number of nitrogens with two attached hydrogens (primary N) is 1. The Balaban J connectivity index is 2.17. The van der Waals surface area contributed by atoms with E-state index >= 15 is 8.78 Å². The van der Waals surface area contributed by atoms with E-state index in [-0.39, 0.29) is 11.7 Å². The maximum absolute atomic E-state index is 15.6. The van der Waals surface area contributed by atoms with Crippen LogP contribution >= 0.6 is 0 Å². The first-order valence-electron chi connectivity index (χ1n) is 13.4. The molecule has 1 aliphatic rings. The summed E-state index contributed by atoms with van der Waals surface area (Å²) in [5.74, 6) is -6.15. The van der Waals surface area contributed by atoms with Gasteiger partial charge < -0.3 is 25.3 Å². The molecule has 1 saturated heterocycles. The molecular formula is C26H42F2N4O6. The summed E-state index contributed by atoms with van der Waals surface area (Å²) in [6, 6.07) is 0.254. The van der Waals surface area contributed by atoms with Gasteiger partial charge in [-0.15, -0.1) is 0 Å². The molecule has 0 aliphatic carbocycles. The Bertz CT molecular complexity index is 971. The molecule has 0 radical (unpaired) electrons. The van der Waals surface area contributed by atoms with Gasteiger partial charge in [0.05, 0.1) is 5.92 Å². The third-order valence-electron chi connectivity index (χ3n) is 6.36. The highest BCUT2D eigenvalue weighted by molar-refractivity contribution is 5.76. The highest BCUT2D eigenvalue weighted by Crippen LogP contribution is 2.44. The fourth-order valence-corrected chi connectivity index (χ4v) is 3.87. The Labute approximate surface area is 222 Å². The smallest absolute Gasteiger partial charge is 0.351 e. The van der Waals surface area contributed by atoms with Crippen LogP contribution in [0.1, 0.15) is 79.4 Å². The Kier molecular flexibility index (Phi) is 12.1. The molecule has 12 heteroatoms. The number of ether oxygens (including phenoxy) is 3. The van der Waals surface area contributed by atoms with Crippen LogP contribution in [0.2, 0.25) is 0 Å². The first-order valence-corrected chi connectivity index (χ1v) is 13.4. The van der Waals surface area contributed by atoms with Crippen molar-refractivity contribution in [1.82, 2.24) is 9.55 Å². The highest BCUT2D eigenvalue weighted by Gasteiger charge is 2.63. The van der Waals surface area contributed by atoms with Gasteiger partial charge in [-0.1, -0.05) is 66.7 Å². The molecule has 216 valence electrons. The fraction of sp³-hybridized carbons (Fsp3) is 0.769. The lowest BCUT2D eigenvalue weighted by molar-refractivity contribution is -0.179. The summed E-state index contributed by atoms with van der Waals surface area (Å²) in [6.07, 6.45) is 1.95. The summed E-state index contributed by atoms with van der Waals surface area (Å²) >= 11 is 0. The van der Waals surface area contributed by atoms with Crippen molar-refractivity contribution in [2.24, 2.45) is 17.6 Å². The van der Waals surface area contributed by atoms with Crippen molar-refractivity contribution in [3.63, 3.8) is 0 Å². The van der Waals surface area contributed by atoms with E-state index < -0.39 is 60.6 Å². The number of anilines is 1. The van der Waals surface area contributed by atoms with Crippen molar-refractivity contribution in [3.05, 3.63) is 22.7 Å². The minimum atomic E-state index is -3.85. The van der Waals surface area contributed by atoms with Crippen LogP contribution in [0.25, 0.3) is 0 Å². The topological polar surface area (TPSA) is 135 Å². The molecule has 38 heavy (non-hydrogen) atoms. The first-order chi connectivity index (χ1) is 17.9. The summed E-state index contributed by atoms with van der Waals surface area (Å²) in [6.45, 7) is 8.61. The van der Waals surface area contributed by atoms with Gasteiger partial charge in [0.15, 0.2) is 6.10 Å². The number of rotatable bonds is 15. The van der Waals surface area contributed by atoms with Gasteiger partial charge in [0, 0.05) is 12.7 Å². The Morgan fingerprint density at radius 3 is 2.42 bits per heavy atom. The standard InChI is InChI=1S/C26H42F2N4O6/c1-6-7-8-9-10-11-13-30-19-12-14-32(25(35)31-19)24-26(27,28)21(38-23(34)20(29)16(2)3)18(37-24)15-36-22(33)17(4)5/h12,14,16-18,20-21,24H,6-11,13,15,29H2,1-5H3,(H,30,31,35)/t18-,20+,21-,24-/m1/s1. The predicted octanol–water partition coefficient (Wildman–Crippen LogP) is 3.64. The van der Waals surface area contributed by atoms with Crippen LogP contribution < -0.4 is 16.7 Å². The number of carbonyl (C=O) groups is 2. The summed E-state index contributed by atoms with van der Waals surface area (Å²) in [5.41, 5.74) is 4.82. The van der Waals surface area contributed by atoms with E-state index in [2.05, 4.69) is 17.2 Å². The van der Waals surface area contributed by atoms with Crippen molar-refractivity contribution < 1.29 is 32.6 Å². The number of nitrogens with one attached hydrogen (secondary N) is 1. The van der Waals surface area contributed by atoms with Crippen molar-refractivity contribution in [2.45, 2.75) is 104 Å². The van der Waals surface area contributed by atoms with Gasteiger partial charge in [-0.2, -0.15) is 13.8 Å². The van der Waals surface area contributed by atoms with Crippen LogP contribution in [-0.2, 0) is 23.8 Å². The van der Waals surface area contributed by atoms with Gasteiger partial charge in [-0.25, -0.2) is 4.79 Å². The van der Waals surface area contributed by atoms with Crippen molar-refractivity contribution in [3.8, 4) is 0 Å². The number of nitrogens with zero attached hydrogens (tertiary/aromatic N) is 2. The lowest BCUT2D eigenvalue weighted by Gasteiger charge is -2.26. The second-order valence-electron chi connectivity index (χ2n) is 10.3.